The molecule has 0 amide bonds. The molecule has 1 atom stereocenters. The van der Waals surface area contributed by atoms with Crippen molar-refractivity contribution in [3.8, 4) is 0 Å². The zero-order chi connectivity index (χ0) is 55.7. The van der Waals surface area contributed by atoms with Gasteiger partial charge in [-0.3, -0.25) is 14.4 Å². The summed E-state index contributed by atoms with van der Waals surface area (Å²) in [5.74, 6) is -0.831. The zero-order valence-corrected chi connectivity index (χ0v) is 52.5. The summed E-state index contributed by atoms with van der Waals surface area (Å²) < 4.78 is 17.0. The van der Waals surface area contributed by atoms with Crippen LogP contribution < -0.4 is 0 Å². The molecule has 6 nitrogen and oxygen atoms in total. The van der Waals surface area contributed by atoms with Gasteiger partial charge in [0.15, 0.2) is 6.10 Å². The van der Waals surface area contributed by atoms with Crippen LogP contribution in [0.2, 0.25) is 0 Å². The van der Waals surface area contributed by atoms with Gasteiger partial charge in [0.2, 0.25) is 0 Å². The molecule has 0 heterocycles. The summed E-state index contributed by atoms with van der Waals surface area (Å²) in [6.45, 7) is 6.72. The van der Waals surface area contributed by atoms with Crippen molar-refractivity contribution in [1.82, 2.24) is 0 Å². The molecule has 6 heteroatoms. The van der Waals surface area contributed by atoms with Gasteiger partial charge in [0.05, 0.1) is 0 Å². The fourth-order valence-electron chi connectivity index (χ4n) is 11.0. The van der Waals surface area contributed by atoms with Gasteiger partial charge in [0.25, 0.3) is 0 Å². The number of carbonyl (C=O) groups is 3. The van der Waals surface area contributed by atoms with Crippen LogP contribution in [-0.2, 0) is 28.6 Å². The van der Waals surface area contributed by atoms with Crippen molar-refractivity contribution in [2.24, 2.45) is 0 Å². The van der Waals surface area contributed by atoms with Crippen molar-refractivity contribution < 1.29 is 28.6 Å². The first-order valence-electron chi connectivity index (χ1n) is 35.2. The van der Waals surface area contributed by atoms with Crippen LogP contribution in [0.25, 0.3) is 0 Å². The molecule has 0 spiro atoms. The van der Waals surface area contributed by atoms with Crippen LogP contribution in [0, 0.1) is 0 Å². The molecule has 1 unspecified atom stereocenters. The average Bonchev–Trinajstić information content (AvgIpc) is 3.43. The second-order valence-electron chi connectivity index (χ2n) is 24.2. The fourth-order valence-corrected chi connectivity index (χ4v) is 11.0. The van der Waals surface area contributed by atoms with Crippen LogP contribution in [-0.4, -0.2) is 37.2 Å². The second-order valence-corrected chi connectivity index (χ2v) is 24.2. The Hall–Kier alpha value is -1.85. The second kappa shape index (κ2) is 66.7. The van der Waals surface area contributed by atoms with Crippen molar-refractivity contribution in [3.63, 3.8) is 0 Å². The Balaban J connectivity index is 4.16. The summed E-state index contributed by atoms with van der Waals surface area (Å²) in [4.78, 5) is 38.3. The highest BCUT2D eigenvalue weighted by Gasteiger charge is 2.19. The summed E-state index contributed by atoms with van der Waals surface area (Å²) in [6, 6.07) is 0. The monoisotopic (exact) mass is 1090 g/mol. The van der Waals surface area contributed by atoms with Crippen molar-refractivity contribution in [2.75, 3.05) is 13.2 Å². The van der Waals surface area contributed by atoms with E-state index in [1.165, 1.54) is 308 Å². The number of rotatable bonds is 66. The zero-order valence-electron chi connectivity index (χ0n) is 52.5. The molecule has 0 radical (unpaired) electrons. The van der Waals surface area contributed by atoms with Crippen LogP contribution in [0.3, 0.4) is 0 Å². The largest absolute Gasteiger partial charge is 0.462 e. The fraction of sp³-hybridized carbons (Fsp3) is 0.930. The van der Waals surface area contributed by atoms with Gasteiger partial charge in [-0.25, -0.2) is 0 Å². The maximum absolute atomic E-state index is 12.9. The first-order valence-corrected chi connectivity index (χ1v) is 35.2. The van der Waals surface area contributed by atoms with Crippen molar-refractivity contribution in [3.05, 3.63) is 12.2 Å². The minimum absolute atomic E-state index is 0.0633. The first-order chi connectivity index (χ1) is 38.0. The van der Waals surface area contributed by atoms with Gasteiger partial charge in [0, 0.05) is 19.3 Å². The van der Waals surface area contributed by atoms with Gasteiger partial charge in [-0.1, -0.05) is 354 Å². The minimum Gasteiger partial charge on any atom is -0.462 e. The molecule has 0 saturated heterocycles. The van der Waals surface area contributed by atoms with E-state index >= 15 is 0 Å². The van der Waals surface area contributed by atoms with Gasteiger partial charge in [-0.05, 0) is 44.9 Å². The summed E-state index contributed by atoms with van der Waals surface area (Å²) >= 11 is 0. The van der Waals surface area contributed by atoms with E-state index in [-0.39, 0.29) is 31.1 Å². The number of ether oxygens (including phenoxy) is 3. The third-order valence-corrected chi connectivity index (χ3v) is 16.3. The Morgan fingerprint density at radius 3 is 0.649 bits per heavy atom. The molecule has 0 saturated carbocycles. The lowest BCUT2D eigenvalue weighted by Crippen LogP contribution is -2.30. The van der Waals surface area contributed by atoms with Crippen molar-refractivity contribution in [2.45, 2.75) is 412 Å². The Morgan fingerprint density at radius 1 is 0.247 bits per heavy atom. The SMILES string of the molecule is CCCCCCCCCC/C=C\CCCCCCCCCCCCCC(=O)OC(COC(=O)CCCCCCCCCCCCC)COC(=O)CCCCCCCCCCCCCCCCCCCCCCCCCCC. The third-order valence-electron chi connectivity index (χ3n) is 16.3. The van der Waals surface area contributed by atoms with Gasteiger partial charge < -0.3 is 14.2 Å². The Bertz CT molecular complexity index is 1200. The lowest BCUT2D eigenvalue weighted by atomic mass is 10.0. The maximum atomic E-state index is 12.9. The normalized spacial score (nSPS) is 12.0. The van der Waals surface area contributed by atoms with Crippen LogP contribution in [0.4, 0.5) is 0 Å². The molecule has 0 rings (SSSR count). The van der Waals surface area contributed by atoms with Gasteiger partial charge in [-0.15, -0.1) is 0 Å². The molecule has 0 aromatic carbocycles. The van der Waals surface area contributed by atoms with E-state index < -0.39 is 6.10 Å². The van der Waals surface area contributed by atoms with Crippen LogP contribution in [0.15, 0.2) is 12.2 Å². The predicted octanol–water partition coefficient (Wildman–Crippen LogP) is 24.0. The van der Waals surface area contributed by atoms with E-state index in [9.17, 15) is 14.4 Å². The van der Waals surface area contributed by atoms with E-state index in [1.807, 2.05) is 0 Å². The molecule has 0 fully saturated rings. The molecule has 0 N–H and O–H groups in total. The van der Waals surface area contributed by atoms with E-state index in [4.69, 9.17) is 14.2 Å². The molecule has 0 aromatic rings. The summed E-state index contributed by atoms with van der Waals surface area (Å²) in [5.41, 5.74) is 0. The van der Waals surface area contributed by atoms with Crippen LogP contribution in [0.5, 0.6) is 0 Å². The average molecular weight is 1090 g/mol. The van der Waals surface area contributed by atoms with Crippen LogP contribution in [0.1, 0.15) is 406 Å². The highest BCUT2D eigenvalue weighted by molar-refractivity contribution is 5.71. The van der Waals surface area contributed by atoms with E-state index in [1.54, 1.807) is 0 Å². The first kappa shape index (κ1) is 75.2. The molecule has 0 bridgehead atoms. The van der Waals surface area contributed by atoms with Crippen molar-refractivity contribution in [1.29, 1.82) is 0 Å². The molecular weight excluding hydrogens is 949 g/mol. The Morgan fingerprint density at radius 2 is 0.429 bits per heavy atom. The topological polar surface area (TPSA) is 78.9 Å². The molecule has 0 aliphatic carbocycles. The molecule has 456 valence electrons. The number of carbonyl (C=O) groups excluding carboxylic acids is 3. The third kappa shape index (κ3) is 64.9. The van der Waals surface area contributed by atoms with Gasteiger partial charge in [0.1, 0.15) is 13.2 Å². The lowest BCUT2D eigenvalue weighted by Gasteiger charge is -2.18. The molecular formula is C71H136O6. The summed E-state index contributed by atoms with van der Waals surface area (Å²) in [6.07, 6.45) is 79.6. The number of hydrogen-bond acceptors (Lipinski definition) is 6. The Labute approximate surface area is 481 Å². The summed E-state index contributed by atoms with van der Waals surface area (Å²) in [7, 11) is 0. The highest BCUT2D eigenvalue weighted by Crippen LogP contribution is 2.19. The molecule has 0 aliphatic heterocycles. The lowest BCUT2D eigenvalue weighted by molar-refractivity contribution is -0.167. The van der Waals surface area contributed by atoms with E-state index in [2.05, 4.69) is 32.9 Å². The van der Waals surface area contributed by atoms with Crippen LogP contribution >= 0.6 is 0 Å². The van der Waals surface area contributed by atoms with Crippen molar-refractivity contribution >= 4 is 17.9 Å². The quantitative estimate of drug-likeness (QED) is 0.0261. The number of esters is 3. The van der Waals surface area contributed by atoms with E-state index in [0.29, 0.717) is 19.3 Å². The summed E-state index contributed by atoms with van der Waals surface area (Å²) in [5, 5.41) is 0. The maximum Gasteiger partial charge on any atom is 0.306 e. The molecule has 0 aromatic heterocycles. The highest BCUT2D eigenvalue weighted by atomic mass is 16.6. The standard InChI is InChI=1S/C71H136O6/c1-4-7-10-13-16-19-22-24-26-28-30-32-34-35-37-38-40-42-44-46-49-52-55-58-61-64-70(73)76-67-68(66-75-69(72)63-60-57-54-51-48-21-18-15-12-9-6-3)77-71(74)65-62-59-56-53-50-47-45-43-41-39-36-33-31-29-27-25-23-20-17-14-11-8-5-2/h29,31,68H,4-28,30,32-67H2,1-3H3/b31-29-. The number of allylic oxidation sites excluding steroid dienone is 2. The Kier molecular flexibility index (Phi) is 65.1. The smallest absolute Gasteiger partial charge is 0.306 e. The van der Waals surface area contributed by atoms with Gasteiger partial charge >= 0.3 is 17.9 Å². The molecule has 77 heavy (non-hydrogen) atoms. The predicted molar refractivity (Wildman–Crippen MR) is 335 cm³/mol. The number of unbranched alkanes of at least 4 members (excludes halogenated alkanes) is 53. The van der Waals surface area contributed by atoms with E-state index in [0.717, 1.165) is 57.8 Å². The van der Waals surface area contributed by atoms with Gasteiger partial charge in [-0.2, -0.15) is 0 Å². The minimum atomic E-state index is -0.766. The number of hydrogen-bond donors (Lipinski definition) is 0. The molecule has 0 aliphatic rings.